The second kappa shape index (κ2) is 4.61. The summed E-state index contributed by atoms with van der Waals surface area (Å²) in [6, 6.07) is 5.69. The van der Waals surface area contributed by atoms with Crippen molar-refractivity contribution in [1.82, 2.24) is 14.1 Å². The highest BCUT2D eigenvalue weighted by Gasteiger charge is 2.31. The third kappa shape index (κ3) is 1.72. The van der Waals surface area contributed by atoms with Crippen LogP contribution in [0.2, 0.25) is 5.02 Å². The van der Waals surface area contributed by atoms with Crippen LogP contribution in [0.5, 0.6) is 0 Å². The predicted molar refractivity (Wildman–Crippen MR) is 87.9 cm³/mol. The number of fused-ring (bicyclic) bond motifs is 2. The lowest BCUT2D eigenvalue weighted by molar-refractivity contribution is 0.441. The molecule has 3 aromatic rings. The largest absolute Gasteiger partial charge is 0.388 e. The van der Waals surface area contributed by atoms with Gasteiger partial charge in [-0.25, -0.2) is 4.98 Å². The Hall–Kier alpha value is -2.27. The molecule has 2 bridgehead atoms. The third-order valence-corrected chi connectivity index (χ3v) is 4.65. The van der Waals surface area contributed by atoms with Gasteiger partial charge in [0.1, 0.15) is 0 Å². The lowest BCUT2D eigenvalue weighted by atomic mass is 10.1. The number of hydrogen-bond acceptors (Lipinski definition) is 3. The van der Waals surface area contributed by atoms with Gasteiger partial charge in [0, 0.05) is 35.0 Å². The van der Waals surface area contributed by atoms with E-state index in [4.69, 9.17) is 11.6 Å². The van der Waals surface area contributed by atoms with Crippen molar-refractivity contribution in [1.29, 1.82) is 0 Å². The van der Waals surface area contributed by atoms with Crippen LogP contribution in [0.25, 0.3) is 10.8 Å². The molecule has 5 nitrogen and oxygen atoms in total. The Bertz CT molecular complexity index is 935. The van der Waals surface area contributed by atoms with Crippen molar-refractivity contribution in [3.63, 3.8) is 0 Å². The first-order valence-electron chi connectivity index (χ1n) is 7.14. The van der Waals surface area contributed by atoms with E-state index in [0.717, 1.165) is 16.8 Å². The minimum absolute atomic E-state index is 0.0257. The smallest absolute Gasteiger partial charge is 0.258 e. The highest BCUT2D eigenvalue weighted by atomic mass is 35.5. The van der Waals surface area contributed by atoms with Gasteiger partial charge >= 0.3 is 0 Å². The first-order valence-corrected chi connectivity index (χ1v) is 7.51. The van der Waals surface area contributed by atoms with Gasteiger partial charge in [0.15, 0.2) is 0 Å². The van der Waals surface area contributed by atoms with Crippen LogP contribution in [-0.2, 0) is 6.54 Å². The quantitative estimate of drug-likeness (QED) is 0.809. The molecule has 0 radical (unpaired) electrons. The Kier molecular flexibility index (Phi) is 2.81. The Balaban J connectivity index is 1.79. The fraction of sp³-hybridized carbons (Fsp3) is 0.250. The number of nitrogens with zero attached hydrogens (tertiary/aromatic N) is 3. The molecule has 1 atom stereocenters. The molecule has 22 heavy (non-hydrogen) atoms. The molecule has 2 aliphatic rings. The third-order valence-electron chi connectivity index (χ3n) is 4.43. The lowest BCUT2D eigenvalue weighted by Crippen LogP contribution is -2.30. The number of halogens is 1. The van der Waals surface area contributed by atoms with Gasteiger partial charge in [0.2, 0.25) is 0 Å². The maximum atomic E-state index is 12.7. The van der Waals surface area contributed by atoms with Crippen LogP contribution >= 0.6 is 11.6 Å². The zero-order valence-corrected chi connectivity index (χ0v) is 13.1. The number of pyridine rings is 1. The van der Waals surface area contributed by atoms with Gasteiger partial charge in [0.25, 0.3) is 5.56 Å². The molecule has 0 fully saturated rings. The van der Waals surface area contributed by atoms with Crippen molar-refractivity contribution in [3.05, 3.63) is 57.5 Å². The van der Waals surface area contributed by atoms with Gasteiger partial charge in [-0.1, -0.05) is 11.6 Å². The van der Waals surface area contributed by atoms with Crippen LogP contribution in [0, 0.1) is 6.92 Å². The Morgan fingerprint density at radius 1 is 1.36 bits per heavy atom. The minimum Gasteiger partial charge on any atom is -0.388 e. The van der Waals surface area contributed by atoms with Gasteiger partial charge in [-0.15, -0.1) is 0 Å². The van der Waals surface area contributed by atoms with E-state index in [1.807, 2.05) is 38.6 Å². The molecule has 2 aliphatic heterocycles. The second-order valence-electron chi connectivity index (χ2n) is 5.58. The van der Waals surface area contributed by atoms with Gasteiger partial charge < -0.3 is 14.5 Å². The molecule has 0 saturated heterocycles. The zero-order valence-electron chi connectivity index (χ0n) is 12.3. The number of aromatic nitrogens is 3. The molecule has 0 amide bonds. The molecule has 4 heterocycles. The molecule has 1 N–H and O–H groups in total. The summed E-state index contributed by atoms with van der Waals surface area (Å²) < 4.78 is 3.83. The summed E-state index contributed by atoms with van der Waals surface area (Å²) in [5.41, 5.74) is 3.09. The van der Waals surface area contributed by atoms with Crippen molar-refractivity contribution >= 4 is 28.1 Å². The van der Waals surface area contributed by atoms with E-state index in [9.17, 15) is 4.79 Å². The average Bonchev–Trinajstić information content (AvgIpc) is 3.11. The van der Waals surface area contributed by atoms with Crippen LogP contribution in [0.1, 0.15) is 17.4 Å². The molecule has 2 aromatic heterocycles. The summed E-state index contributed by atoms with van der Waals surface area (Å²) in [6.07, 6.45) is 3.67. The molecule has 0 spiro atoms. The van der Waals surface area contributed by atoms with E-state index < -0.39 is 0 Å². The van der Waals surface area contributed by atoms with Gasteiger partial charge in [-0.2, -0.15) is 0 Å². The molecule has 0 aliphatic carbocycles. The molecule has 5 rings (SSSR count). The average molecular weight is 315 g/mol. The highest BCUT2D eigenvalue weighted by Crippen LogP contribution is 2.33. The Morgan fingerprint density at radius 3 is 2.82 bits per heavy atom. The normalized spacial score (nSPS) is 15.9. The number of benzene rings is 1. The van der Waals surface area contributed by atoms with E-state index in [-0.39, 0.29) is 11.6 Å². The van der Waals surface area contributed by atoms with Crippen LogP contribution in [0.15, 0.2) is 35.5 Å². The SMILES string of the molecule is CNc1cc(Cl)cc2c(=O)n(CC3c4ncn3c4C)ccc12. The van der Waals surface area contributed by atoms with Crippen LogP contribution in [0.4, 0.5) is 5.69 Å². The van der Waals surface area contributed by atoms with E-state index in [0.29, 0.717) is 17.0 Å². The van der Waals surface area contributed by atoms with Crippen molar-refractivity contribution in [2.24, 2.45) is 0 Å². The van der Waals surface area contributed by atoms with Gasteiger partial charge in [-0.05, 0) is 25.1 Å². The van der Waals surface area contributed by atoms with Gasteiger partial charge in [0.05, 0.1) is 30.0 Å². The monoisotopic (exact) mass is 314 g/mol. The summed E-state index contributed by atoms with van der Waals surface area (Å²) in [5.74, 6) is 0. The summed E-state index contributed by atoms with van der Waals surface area (Å²) in [5, 5.41) is 5.16. The van der Waals surface area contributed by atoms with E-state index in [1.165, 1.54) is 5.69 Å². The summed E-state index contributed by atoms with van der Waals surface area (Å²) in [4.78, 5) is 17.1. The number of rotatable bonds is 3. The van der Waals surface area contributed by atoms with E-state index in [2.05, 4.69) is 14.9 Å². The van der Waals surface area contributed by atoms with Crippen LogP contribution in [-0.4, -0.2) is 21.2 Å². The van der Waals surface area contributed by atoms with Crippen molar-refractivity contribution in [2.75, 3.05) is 12.4 Å². The van der Waals surface area contributed by atoms with Gasteiger partial charge in [-0.3, -0.25) is 4.79 Å². The maximum absolute atomic E-state index is 12.7. The molecule has 6 heteroatoms. The number of hydrogen-bond donors (Lipinski definition) is 1. The fourth-order valence-electron chi connectivity index (χ4n) is 3.22. The Morgan fingerprint density at radius 2 is 2.18 bits per heavy atom. The highest BCUT2D eigenvalue weighted by molar-refractivity contribution is 6.31. The Labute approximate surface area is 132 Å². The zero-order chi connectivity index (χ0) is 15.4. The number of imidazole rings is 1. The van der Waals surface area contributed by atoms with E-state index >= 15 is 0 Å². The first-order chi connectivity index (χ1) is 10.6. The van der Waals surface area contributed by atoms with E-state index in [1.54, 1.807) is 10.6 Å². The minimum atomic E-state index is -0.0257. The van der Waals surface area contributed by atoms with Crippen molar-refractivity contribution in [2.45, 2.75) is 19.5 Å². The summed E-state index contributed by atoms with van der Waals surface area (Å²) >= 11 is 6.12. The molecule has 1 unspecified atom stereocenters. The number of aryl methyl sites for hydroxylation is 1. The van der Waals surface area contributed by atoms with Crippen molar-refractivity contribution in [3.8, 4) is 0 Å². The maximum Gasteiger partial charge on any atom is 0.258 e. The topological polar surface area (TPSA) is 51.9 Å². The number of nitrogens with one attached hydrogen (secondary N) is 1. The second-order valence-corrected chi connectivity index (χ2v) is 6.01. The number of anilines is 1. The van der Waals surface area contributed by atoms with Crippen molar-refractivity contribution < 1.29 is 0 Å². The molecular formula is C16H15ClN4O. The van der Waals surface area contributed by atoms with Crippen LogP contribution < -0.4 is 10.9 Å². The molecule has 0 saturated carbocycles. The lowest BCUT2D eigenvalue weighted by Gasteiger charge is -2.26. The molecular weight excluding hydrogens is 300 g/mol. The summed E-state index contributed by atoms with van der Waals surface area (Å²) in [7, 11) is 1.82. The standard InChI is InChI=1S/C16H15ClN4O/c1-9-15-14(21(9)8-19-15)7-20-4-3-11-12(16(20)22)5-10(17)6-13(11)18-2/h3-6,8,14,18H,7H2,1-2H3. The summed E-state index contributed by atoms with van der Waals surface area (Å²) in [6.45, 7) is 2.64. The molecule has 1 aromatic carbocycles. The predicted octanol–water partition coefficient (Wildman–Crippen LogP) is 2.80. The first kappa shape index (κ1) is 13.4. The fourth-order valence-corrected chi connectivity index (χ4v) is 3.43. The molecule has 112 valence electrons. The van der Waals surface area contributed by atoms with Crippen LogP contribution in [0.3, 0.4) is 0 Å².